The molecule has 1 saturated heterocycles. The molecule has 1 fully saturated rings. The number of rotatable bonds is 5. The lowest BCUT2D eigenvalue weighted by Crippen LogP contribution is -2.58. The summed E-state index contributed by atoms with van der Waals surface area (Å²) >= 11 is 0. The van der Waals surface area contributed by atoms with Gasteiger partial charge in [-0.25, -0.2) is 4.79 Å². The van der Waals surface area contributed by atoms with Gasteiger partial charge in [0.1, 0.15) is 18.1 Å². The fourth-order valence-corrected chi connectivity index (χ4v) is 8.44. The van der Waals surface area contributed by atoms with Gasteiger partial charge in [0.05, 0.1) is 70.3 Å². The minimum atomic E-state index is -1.77. The van der Waals surface area contributed by atoms with Crippen molar-refractivity contribution in [1.29, 1.82) is 0 Å². The molecular formula is C38H52N12O15S2. The third-order valence-electron chi connectivity index (χ3n) is 9.09. The predicted octanol–water partition coefficient (Wildman–Crippen LogP) is -7.29. The molecule has 15 N–H and O–H groups in total. The van der Waals surface area contributed by atoms with Gasteiger partial charge in [0.15, 0.2) is 0 Å². The zero-order valence-electron chi connectivity index (χ0n) is 35.8. The summed E-state index contributed by atoms with van der Waals surface area (Å²) in [6.45, 7) is -4.86. The summed E-state index contributed by atoms with van der Waals surface area (Å²) in [6.07, 6.45) is 0.0244. The number of carbonyl (C=O) groups is 12. The Hall–Kier alpha value is -6.98. The molecule has 5 atom stereocenters. The van der Waals surface area contributed by atoms with Gasteiger partial charge < -0.3 is 78.8 Å². The minimum absolute atomic E-state index is 0.0377. The third kappa shape index (κ3) is 20.0. The molecule has 0 radical (unpaired) electrons. The molecular weight excluding hydrogens is 929 g/mol. The topological polar surface area (TPSA) is 414 Å². The van der Waals surface area contributed by atoms with Crippen molar-refractivity contribution in [2.24, 2.45) is 0 Å². The van der Waals surface area contributed by atoms with Crippen LogP contribution in [0.3, 0.4) is 0 Å². The number of aliphatic carboxylic acids is 1. The van der Waals surface area contributed by atoms with Crippen molar-refractivity contribution >= 4 is 103 Å². The average molecular weight is 981 g/mol. The molecule has 29 heteroatoms. The first-order valence-corrected chi connectivity index (χ1v) is 22.6. The van der Waals surface area contributed by atoms with Gasteiger partial charge in [0.25, 0.3) is 0 Å². The molecule has 2 heterocycles. The zero-order valence-corrected chi connectivity index (χ0v) is 37.4. The molecule has 11 amide bonds. The lowest BCUT2D eigenvalue weighted by Gasteiger charge is -2.27. The maximum atomic E-state index is 13.3. The van der Waals surface area contributed by atoms with Crippen LogP contribution >= 0.6 is 21.6 Å². The molecule has 366 valence electrons. The van der Waals surface area contributed by atoms with E-state index < -0.39 is 159 Å². The van der Waals surface area contributed by atoms with Gasteiger partial charge >= 0.3 is 5.97 Å². The largest absolute Gasteiger partial charge is 0.480 e. The molecule has 2 aromatic rings. The smallest absolute Gasteiger partial charge is 0.327 e. The van der Waals surface area contributed by atoms with E-state index >= 15 is 0 Å². The molecule has 4 unspecified atom stereocenters. The summed E-state index contributed by atoms with van der Waals surface area (Å²) in [5.41, 5.74) is 1.36. The molecule has 0 spiro atoms. The zero-order chi connectivity index (χ0) is 49.5. The van der Waals surface area contributed by atoms with Crippen LogP contribution in [0.1, 0.15) is 18.9 Å². The second-order valence-corrected chi connectivity index (χ2v) is 17.0. The molecule has 27 nitrogen and oxygen atoms in total. The van der Waals surface area contributed by atoms with Crippen LogP contribution in [-0.2, 0) is 64.0 Å². The molecule has 0 saturated carbocycles. The Labute approximate surface area is 388 Å². The third-order valence-corrected chi connectivity index (χ3v) is 12.1. The molecule has 1 aliphatic rings. The predicted molar refractivity (Wildman–Crippen MR) is 237 cm³/mol. The number of hydrogen-bond donors (Lipinski definition) is 15. The van der Waals surface area contributed by atoms with E-state index in [1.807, 2.05) is 0 Å². The van der Waals surface area contributed by atoms with Crippen LogP contribution in [0.15, 0.2) is 30.5 Å². The molecule has 1 aromatic carbocycles. The van der Waals surface area contributed by atoms with Crippen molar-refractivity contribution < 1.29 is 72.9 Å². The van der Waals surface area contributed by atoms with E-state index in [1.165, 1.54) is 6.92 Å². The Morgan fingerprint density at radius 3 is 1.54 bits per heavy atom. The van der Waals surface area contributed by atoms with E-state index in [-0.39, 0.29) is 18.6 Å². The molecule has 0 aliphatic carbocycles. The monoisotopic (exact) mass is 980 g/mol. The first kappa shape index (κ1) is 54.4. The summed E-state index contributed by atoms with van der Waals surface area (Å²) in [7, 11) is 1.77. The van der Waals surface area contributed by atoms with E-state index in [4.69, 9.17) is 0 Å². The lowest BCUT2D eigenvalue weighted by molar-refractivity contribution is -0.143. The van der Waals surface area contributed by atoms with Crippen molar-refractivity contribution in [3.05, 3.63) is 36.0 Å². The van der Waals surface area contributed by atoms with Crippen molar-refractivity contribution in [3.8, 4) is 0 Å². The fraction of sp³-hybridized carbons (Fsp3) is 0.474. The summed E-state index contributed by atoms with van der Waals surface area (Å²) in [5, 5.41) is 54.3. The molecule has 0 bridgehead atoms. The van der Waals surface area contributed by atoms with Crippen molar-refractivity contribution in [3.63, 3.8) is 0 Å². The second kappa shape index (κ2) is 28.1. The number of aromatic amines is 1. The number of aliphatic hydroxyl groups is 2. The molecule has 3 rings (SSSR count). The van der Waals surface area contributed by atoms with Gasteiger partial charge in [-0.3, -0.25) is 52.7 Å². The van der Waals surface area contributed by atoms with Gasteiger partial charge in [-0.2, -0.15) is 0 Å². The Morgan fingerprint density at radius 2 is 1.06 bits per heavy atom. The summed E-state index contributed by atoms with van der Waals surface area (Å²) in [4.78, 5) is 153. The number of carboxylic acid groups (broad SMARTS) is 1. The quantitative estimate of drug-likeness (QED) is 0.124. The lowest BCUT2D eigenvalue weighted by atomic mass is 10.0. The average Bonchev–Trinajstić information content (AvgIpc) is 3.71. The van der Waals surface area contributed by atoms with Crippen molar-refractivity contribution in [2.45, 2.75) is 49.2 Å². The Balaban J connectivity index is 1.67. The Bertz CT molecular complexity index is 2160. The fourth-order valence-electron chi connectivity index (χ4n) is 5.63. The number of benzene rings is 1. The van der Waals surface area contributed by atoms with Crippen molar-refractivity contribution in [2.75, 3.05) is 64.7 Å². The standard InChI is InChI=1S/C38H52N12O15S2/c1-19(52)35-34(38(64)65)50-37(63)24(18-51)49-33(61)17-46-30(58)14-43-28(56)12-44-31(59)15-47-36(62)23(8-20-9-39-22-5-3-2-4-21(20)22)48-32(60)16-45-29(57)13-42-27(55)11-41-26(54)10-40-25(53)6-7-66-67-35/h2-5,9,19,23-24,34-35,39,51-52H,6-8,10-18H2,1H3,(H,40,53)(H,41,54)(H,42,55)(H,43,56)(H,44,59)(H,45,57)(H,46,58)(H,47,62)(H,48,60)(H,49,61)(H,50,63)(H,64,65)/t19-,23?,24?,34?,35?/m1/s1. The number of amides is 11. The van der Waals surface area contributed by atoms with E-state index in [0.29, 0.717) is 5.56 Å². The van der Waals surface area contributed by atoms with E-state index in [0.717, 1.165) is 32.5 Å². The first-order chi connectivity index (χ1) is 31.9. The number of aliphatic hydroxyl groups excluding tert-OH is 2. The van der Waals surface area contributed by atoms with Gasteiger partial charge in [-0.15, -0.1) is 0 Å². The summed E-state index contributed by atoms with van der Waals surface area (Å²) in [5.74, 6) is -10.9. The maximum Gasteiger partial charge on any atom is 0.327 e. The highest BCUT2D eigenvalue weighted by atomic mass is 33.1. The SMILES string of the molecule is C[C@@H](O)C1SSCCC(=O)NCC(=O)NCC(=O)NCC(=O)NCC(=O)NC(Cc2c[nH]c3ccccc23)C(=O)NCC(=O)NCC(=O)NCC(=O)NCC(=O)NC(CO)C(=O)NC1C(=O)O. The van der Waals surface area contributed by atoms with Gasteiger partial charge in [-0.1, -0.05) is 39.8 Å². The van der Waals surface area contributed by atoms with E-state index in [1.54, 1.807) is 30.5 Å². The molecule has 1 aromatic heterocycles. The van der Waals surface area contributed by atoms with Crippen LogP contribution in [0.2, 0.25) is 0 Å². The number of hydrogen-bond acceptors (Lipinski definition) is 16. The summed E-state index contributed by atoms with van der Waals surface area (Å²) in [6, 6.07) is 2.36. The number of carbonyl (C=O) groups excluding carboxylic acids is 11. The van der Waals surface area contributed by atoms with Crippen LogP contribution in [0.4, 0.5) is 0 Å². The van der Waals surface area contributed by atoms with Gasteiger partial charge in [0, 0.05) is 35.7 Å². The van der Waals surface area contributed by atoms with Crippen LogP contribution in [0, 0.1) is 0 Å². The molecule has 1 aliphatic heterocycles. The number of H-pyrrole nitrogens is 1. The van der Waals surface area contributed by atoms with Crippen molar-refractivity contribution in [1.82, 2.24) is 63.5 Å². The highest BCUT2D eigenvalue weighted by Gasteiger charge is 2.36. The number of fused-ring (bicyclic) bond motifs is 1. The highest BCUT2D eigenvalue weighted by molar-refractivity contribution is 8.77. The van der Waals surface area contributed by atoms with E-state index in [9.17, 15) is 72.9 Å². The van der Waals surface area contributed by atoms with Crippen LogP contribution in [0.5, 0.6) is 0 Å². The number of nitrogens with one attached hydrogen (secondary N) is 12. The summed E-state index contributed by atoms with van der Waals surface area (Å²) < 4.78 is 0. The normalized spacial score (nSPS) is 22.8. The number of carboxylic acids is 1. The second-order valence-electron chi connectivity index (χ2n) is 14.3. The van der Waals surface area contributed by atoms with Crippen LogP contribution in [0.25, 0.3) is 10.9 Å². The van der Waals surface area contributed by atoms with Gasteiger partial charge in [-0.05, 0) is 18.6 Å². The van der Waals surface area contributed by atoms with Crippen LogP contribution < -0.4 is 58.5 Å². The molecule has 67 heavy (non-hydrogen) atoms. The Kier molecular flexibility index (Phi) is 22.8. The van der Waals surface area contributed by atoms with Crippen LogP contribution in [-0.4, -0.2) is 185 Å². The minimum Gasteiger partial charge on any atom is -0.480 e. The number of aromatic nitrogens is 1. The van der Waals surface area contributed by atoms with Gasteiger partial charge in [0.2, 0.25) is 65.0 Å². The maximum absolute atomic E-state index is 13.3. The first-order valence-electron chi connectivity index (χ1n) is 20.2. The number of para-hydroxylation sites is 1. The Morgan fingerprint density at radius 1 is 0.612 bits per heavy atom. The highest BCUT2D eigenvalue weighted by Crippen LogP contribution is 2.32. The van der Waals surface area contributed by atoms with E-state index in [2.05, 4.69) is 63.5 Å².